The van der Waals surface area contributed by atoms with Crippen LogP contribution in [0.15, 0.2) is 30.5 Å². The number of fused-ring (bicyclic) bond motifs is 1. The predicted octanol–water partition coefficient (Wildman–Crippen LogP) is 2.95. The SMILES string of the molecule is CC(C)N(CCC#N)c1ccc(N)c2cccnc12. The van der Waals surface area contributed by atoms with Crippen molar-refractivity contribution in [2.45, 2.75) is 26.3 Å². The van der Waals surface area contributed by atoms with Gasteiger partial charge in [-0.2, -0.15) is 5.26 Å². The van der Waals surface area contributed by atoms with Crippen molar-refractivity contribution in [3.05, 3.63) is 30.5 Å². The average molecular weight is 254 g/mol. The highest BCUT2D eigenvalue weighted by atomic mass is 15.2. The van der Waals surface area contributed by atoms with Crippen molar-refractivity contribution in [3.63, 3.8) is 0 Å². The van der Waals surface area contributed by atoms with Crippen LogP contribution in [-0.4, -0.2) is 17.6 Å². The number of nitriles is 1. The van der Waals surface area contributed by atoms with Gasteiger partial charge >= 0.3 is 0 Å². The third kappa shape index (κ3) is 2.60. The highest BCUT2D eigenvalue weighted by molar-refractivity contribution is 5.98. The Morgan fingerprint density at radius 2 is 2.16 bits per heavy atom. The predicted molar refractivity (Wildman–Crippen MR) is 78.9 cm³/mol. The number of pyridine rings is 1. The van der Waals surface area contributed by atoms with Gasteiger partial charge in [0.2, 0.25) is 0 Å². The zero-order valence-electron chi connectivity index (χ0n) is 11.3. The van der Waals surface area contributed by atoms with E-state index in [1.165, 1.54) is 0 Å². The molecular weight excluding hydrogens is 236 g/mol. The molecule has 0 aliphatic heterocycles. The first-order valence-electron chi connectivity index (χ1n) is 6.42. The molecule has 1 aromatic heterocycles. The highest BCUT2D eigenvalue weighted by Gasteiger charge is 2.14. The summed E-state index contributed by atoms with van der Waals surface area (Å²) in [5.41, 5.74) is 8.66. The molecule has 0 fully saturated rings. The van der Waals surface area contributed by atoms with Crippen molar-refractivity contribution in [3.8, 4) is 6.07 Å². The maximum atomic E-state index is 8.79. The summed E-state index contributed by atoms with van der Waals surface area (Å²) in [5, 5.41) is 9.75. The molecule has 98 valence electrons. The Morgan fingerprint density at radius 1 is 1.37 bits per heavy atom. The van der Waals surface area contributed by atoms with Crippen molar-refractivity contribution >= 4 is 22.3 Å². The number of nitrogens with two attached hydrogens (primary N) is 1. The summed E-state index contributed by atoms with van der Waals surface area (Å²) in [4.78, 5) is 6.64. The molecule has 0 saturated carbocycles. The number of benzene rings is 1. The minimum absolute atomic E-state index is 0.308. The van der Waals surface area contributed by atoms with Crippen molar-refractivity contribution < 1.29 is 0 Å². The van der Waals surface area contributed by atoms with Crippen LogP contribution in [0, 0.1) is 11.3 Å². The summed E-state index contributed by atoms with van der Waals surface area (Å²) in [6, 6.07) is 10.3. The Morgan fingerprint density at radius 3 is 2.84 bits per heavy atom. The van der Waals surface area contributed by atoms with Crippen LogP contribution in [0.25, 0.3) is 10.9 Å². The van der Waals surface area contributed by atoms with Gasteiger partial charge in [-0.05, 0) is 38.1 Å². The van der Waals surface area contributed by atoms with E-state index in [0.717, 1.165) is 22.3 Å². The number of anilines is 2. The van der Waals surface area contributed by atoms with E-state index in [1.54, 1.807) is 6.20 Å². The van der Waals surface area contributed by atoms with E-state index in [2.05, 4.69) is 29.8 Å². The third-order valence-electron chi connectivity index (χ3n) is 3.18. The molecular formula is C15H18N4. The normalized spacial score (nSPS) is 10.6. The van der Waals surface area contributed by atoms with Gasteiger partial charge in [0.05, 0.1) is 23.7 Å². The smallest absolute Gasteiger partial charge is 0.0956 e. The van der Waals surface area contributed by atoms with Gasteiger partial charge in [-0.1, -0.05) is 0 Å². The van der Waals surface area contributed by atoms with E-state index in [9.17, 15) is 0 Å². The number of rotatable bonds is 4. The quantitative estimate of drug-likeness (QED) is 0.852. The molecule has 4 nitrogen and oxygen atoms in total. The van der Waals surface area contributed by atoms with Crippen LogP contribution in [0.5, 0.6) is 0 Å². The summed E-state index contributed by atoms with van der Waals surface area (Å²) in [7, 11) is 0. The van der Waals surface area contributed by atoms with Gasteiger partial charge in [0, 0.05) is 29.9 Å². The third-order valence-corrected chi connectivity index (χ3v) is 3.18. The topological polar surface area (TPSA) is 65.9 Å². The molecule has 0 aliphatic rings. The molecule has 0 bridgehead atoms. The monoisotopic (exact) mass is 254 g/mol. The Balaban J connectivity index is 2.54. The van der Waals surface area contributed by atoms with Crippen LogP contribution in [0.3, 0.4) is 0 Å². The molecule has 1 aromatic carbocycles. The molecule has 2 rings (SSSR count). The second-order valence-corrected chi connectivity index (χ2v) is 4.77. The summed E-state index contributed by atoms with van der Waals surface area (Å²) in [6.45, 7) is 4.93. The maximum absolute atomic E-state index is 8.79. The van der Waals surface area contributed by atoms with Crippen LogP contribution in [0.4, 0.5) is 11.4 Å². The Labute approximate surface area is 113 Å². The molecule has 0 aliphatic carbocycles. The first-order valence-corrected chi connectivity index (χ1v) is 6.42. The van der Waals surface area contributed by atoms with Gasteiger partial charge < -0.3 is 10.6 Å². The molecule has 0 amide bonds. The van der Waals surface area contributed by atoms with Gasteiger partial charge in [-0.15, -0.1) is 0 Å². The van der Waals surface area contributed by atoms with Crippen LogP contribution in [-0.2, 0) is 0 Å². The number of hydrogen-bond donors (Lipinski definition) is 1. The minimum Gasteiger partial charge on any atom is -0.398 e. The van der Waals surface area contributed by atoms with Crippen molar-refractivity contribution in [1.29, 1.82) is 5.26 Å². The molecule has 2 aromatic rings. The van der Waals surface area contributed by atoms with Crippen LogP contribution >= 0.6 is 0 Å². The number of nitrogens with zero attached hydrogens (tertiary/aromatic N) is 3. The van der Waals surface area contributed by atoms with Crippen molar-refractivity contribution in [1.82, 2.24) is 4.98 Å². The summed E-state index contributed by atoms with van der Waals surface area (Å²) in [6.07, 6.45) is 2.27. The van der Waals surface area contributed by atoms with E-state index >= 15 is 0 Å². The van der Waals surface area contributed by atoms with Gasteiger partial charge in [-0.25, -0.2) is 0 Å². The molecule has 0 unspecified atom stereocenters. The second-order valence-electron chi connectivity index (χ2n) is 4.77. The molecule has 0 saturated heterocycles. The van der Waals surface area contributed by atoms with E-state index < -0.39 is 0 Å². The van der Waals surface area contributed by atoms with Gasteiger partial charge in [-0.3, -0.25) is 4.98 Å². The van der Waals surface area contributed by atoms with Gasteiger partial charge in [0.25, 0.3) is 0 Å². The maximum Gasteiger partial charge on any atom is 0.0956 e. The van der Waals surface area contributed by atoms with Crippen molar-refractivity contribution in [2.75, 3.05) is 17.2 Å². The van der Waals surface area contributed by atoms with E-state index in [0.29, 0.717) is 19.0 Å². The highest BCUT2D eigenvalue weighted by Crippen LogP contribution is 2.30. The molecule has 0 atom stereocenters. The number of aromatic nitrogens is 1. The van der Waals surface area contributed by atoms with E-state index in [-0.39, 0.29) is 0 Å². The summed E-state index contributed by atoms with van der Waals surface area (Å²) >= 11 is 0. The first-order chi connectivity index (χ1) is 9.15. The lowest BCUT2D eigenvalue weighted by Gasteiger charge is -2.29. The lowest BCUT2D eigenvalue weighted by molar-refractivity contribution is 0.688. The zero-order chi connectivity index (χ0) is 13.8. The van der Waals surface area contributed by atoms with Crippen molar-refractivity contribution in [2.24, 2.45) is 0 Å². The fourth-order valence-electron chi connectivity index (χ4n) is 2.24. The fourth-order valence-corrected chi connectivity index (χ4v) is 2.24. The number of hydrogen-bond acceptors (Lipinski definition) is 4. The Hall–Kier alpha value is -2.28. The molecule has 0 spiro atoms. The standard InChI is InChI=1S/C15H18N4/c1-11(2)19(10-4-8-16)14-7-6-13(17)12-5-3-9-18-15(12)14/h3,5-7,9,11H,4,10,17H2,1-2H3. The van der Waals surface area contributed by atoms with E-state index in [1.807, 2.05) is 24.3 Å². The minimum atomic E-state index is 0.308. The zero-order valence-corrected chi connectivity index (χ0v) is 11.3. The lowest BCUT2D eigenvalue weighted by atomic mass is 10.1. The van der Waals surface area contributed by atoms with Crippen LogP contribution in [0.2, 0.25) is 0 Å². The van der Waals surface area contributed by atoms with Crippen LogP contribution < -0.4 is 10.6 Å². The first kappa shape index (κ1) is 13.2. The molecule has 4 heteroatoms. The fraction of sp³-hybridized carbons (Fsp3) is 0.333. The van der Waals surface area contributed by atoms with Crippen LogP contribution in [0.1, 0.15) is 20.3 Å². The molecule has 2 N–H and O–H groups in total. The average Bonchev–Trinajstić information content (AvgIpc) is 2.41. The molecule has 1 heterocycles. The summed E-state index contributed by atoms with van der Waals surface area (Å²) in [5.74, 6) is 0. The summed E-state index contributed by atoms with van der Waals surface area (Å²) < 4.78 is 0. The number of nitrogen functional groups attached to an aromatic ring is 1. The molecule has 0 radical (unpaired) electrons. The largest absolute Gasteiger partial charge is 0.398 e. The Bertz CT molecular complexity index is 613. The molecule has 19 heavy (non-hydrogen) atoms. The lowest BCUT2D eigenvalue weighted by Crippen LogP contribution is -2.31. The van der Waals surface area contributed by atoms with E-state index in [4.69, 9.17) is 11.0 Å². The second kappa shape index (κ2) is 5.57. The Kier molecular flexibility index (Phi) is 3.86. The van der Waals surface area contributed by atoms with Gasteiger partial charge in [0.1, 0.15) is 0 Å². The van der Waals surface area contributed by atoms with Gasteiger partial charge in [0.15, 0.2) is 0 Å².